The first-order chi connectivity index (χ1) is 9.60. The van der Waals surface area contributed by atoms with Crippen LogP contribution in [0.5, 0.6) is 0 Å². The molecule has 0 aromatic heterocycles. The third-order valence-electron chi connectivity index (χ3n) is 2.84. The number of benzene rings is 2. The average Bonchev–Trinajstić information content (AvgIpc) is 2.48. The molecule has 5 heteroatoms. The molecule has 2 nitrogen and oxygen atoms in total. The van der Waals surface area contributed by atoms with E-state index in [4.69, 9.17) is 34.8 Å². The van der Waals surface area contributed by atoms with Gasteiger partial charge in [0.15, 0.2) is 0 Å². The molecule has 0 amide bonds. The quantitative estimate of drug-likeness (QED) is 0.781. The SMILES string of the molecule is OC(CCl)CNc1cccc(-c2ccc(Cl)c(Cl)c2)c1. The molecule has 2 aromatic rings. The highest BCUT2D eigenvalue weighted by Crippen LogP contribution is 2.29. The van der Waals surface area contributed by atoms with E-state index in [9.17, 15) is 5.11 Å². The van der Waals surface area contributed by atoms with Crippen molar-refractivity contribution in [2.45, 2.75) is 6.10 Å². The van der Waals surface area contributed by atoms with Crippen molar-refractivity contribution >= 4 is 40.5 Å². The van der Waals surface area contributed by atoms with Crippen LogP contribution in [0.4, 0.5) is 5.69 Å². The largest absolute Gasteiger partial charge is 0.390 e. The van der Waals surface area contributed by atoms with E-state index in [1.165, 1.54) is 0 Å². The highest BCUT2D eigenvalue weighted by Gasteiger charge is 2.05. The summed E-state index contributed by atoms with van der Waals surface area (Å²) in [6.45, 7) is 0.411. The van der Waals surface area contributed by atoms with Gasteiger partial charge in [-0.15, -0.1) is 11.6 Å². The Morgan fingerprint density at radius 3 is 2.45 bits per heavy atom. The van der Waals surface area contributed by atoms with Gasteiger partial charge in [-0.25, -0.2) is 0 Å². The molecule has 0 aliphatic carbocycles. The van der Waals surface area contributed by atoms with Crippen molar-refractivity contribution in [3.8, 4) is 11.1 Å². The number of alkyl halides is 1. The lowest BCUT2D eigenvalue weighted by atomic mass is 10.1. The standard InChI is InChI=1S/C15H14Cl3NO/c16-8-13(20)9-19-12-3-1-2-10(6-12)11-4-5-14(17)15(18)7-11/h1-7,13,19-20H,8-9H2. The van der Waals surface area contributed by atoms with E-state index in [1.807, 2.05) is 36.4 Å². The average molecular weight is 331 g/mol. The number of aliphatic hydroxyl groups is 1. The Hall–Kier alpha value is -0.930. The zero-order chi connectivity index (χ0) is 14.5. The first-order valence-electron chi connectivity index (χ1n) is 6.13. The minimum Gasteiger partial charge on any atom is -0.390 e. The second kappa shape index (κ2) is 7.19. The number of aliphatic hydroxyl groups excluding tert-OH is 1. The fourth-order valence-corrected chi connectivity index (χ4v) is 2.18. The molecule has 0 saturated carbocycles. The van der Waals surface area contributed by atoms with Gasteiger partial charge in [-0.2, -0.15) is 0 Å². The summed E-state index contributed by atoms with van der Waals surface area (Å²) in [5.41, 5.74) is 2.92. The number of halogens is 3. The second-order valence-corrected chi connectivity index (χ2v) is 5.52. The highest BCUT2D eigenvalue weighted by molar-refractivity contribution is 6.42. The van der Waals surface area contributed by atoms with E-state index in [1.54, 1.807) is 6.07 Å². The molecule has 1 unspecified atom stereocenters. The molecule has 0 spiro atoms. The Balaban J connectivity index is 2.18. The van der Waals surface area contributed by atoms with Crippen LogP contribution in [-0.4, -0.2) is 23.6 Å². The van der Waals surface area contributed by atoms with Crippen LogP contribution in [0.2, 0.25) is 10.0 Å². The van der Waals surface area contributed by atoms with Crippen molar-refractivity contribution in [1.82, 2.24) is 0 Å². The Morgan fingerprint density at radius 2 is 1.75 bits per heavy atom. The van der Waals surface area contributed by atoms with Crippen LogP contribution >= 0.6 is 34.8 Å². The van der Waals surface area contributed by atoms with Crippen molar-refractivity contribution in [1.29, 1.82) is 0 Å². The Kier molecular flexibility index (Phi) is 5.55. The molecule has 0 saturated heterocycles. The fourth-order valence-electron chi connectivity index (χ4n) is 1.77. The number of hydrogen-bond acceptors (Lipinski definition) is 2. The molecule has 0 radical (unpaired) electrons. The van der Waals surface area contributed by atoms with Crippen molar-refractivity contribution < 1.29 is 5.11 Å². The number of anilines is 1. The van der Waals surface area contributed by atoms with Gasteiger partial charge in [0.25, 0.3) is 0 Å². The summed E-state index contributed by atoms with van der Waals surface area (Å²) < 4.78 is 0. The topological polar surface area (TPSA) is 32.3 Å². The van der Waals surface area contributed by atoms with Crippen LogP contribution in [0.1, 0.15) is 0 Å². The molecule has 0 heterocycles. The third-order valence-corrected chi connectivity index (χ3v) is 3.93. The summed E-state index contributed by atoms with van der Waals surface area (Å²) in [6.07, 6.45) is -0.565. The van der Waals surface area contributed by atoms with Gasteiger partial charge in [-0.05, 0) is 35.4 Å². The number of hydrogen-bond donors (Lipinski definition) is 2. The smallest absolute Gasteiger partial charge is 0.0847 e. The molecule has 0 bridgehead atoms. The number of nitrogens with one attached hydrogen (secondary N) is 1. The van der Waals surface area contributed by atoms with Gasteiger partial charge in [0.1, 0.15) is 0 Å². The van der Waals surface area contributed by atoms with Gasteiger partial charge in [0.2, 0.25) is 0 Å². The molecule has 2 N–H and O–H groups in total. The maximum Gasteiger partial charge on any atom is 0.0847 e. The molecule has 0 fully saturated rings. The lowest BCUT2D eigenvalue weighted by Crippen LogP contribution is -2.20. The van der Waals surface area contributed by atoms with E-state index in [-0.39, 0.29) is 5.88 Å². The summed E-state index contributed by atoms with van der Waals surface area (Å²) >= 11 is 17.5. The monoisotopic (exact) mass is 329 g/mol. The van der Waals surface area contributed by atoms with Gasteiger partial charge in [0, 0.05) is 12.2 Å². The third kappa shape index (κ3) is 4.03. The summed E-state index contributed by atoms with van der Waals surface area (Å²) in [6, 6.07) is 13.4. The predicted octanol–water partition coefficient (Wildman–Crippen LogP) is 4.67. The molecule has 1 atom stereocenters. The lowest BCUT2D eigenvalue weighted by molar-refractivity contribution is 0.211. The van der Waals surface area contributed by atoms with E-state index >= 15 is 0 Å². The number of rotatable bonds is 5. The molecule has 0 aliphatic rings. The van der Waals surface area contributed by atoms with Crippen molar-refractivity contribution in [3.05, 3.63) is 52.5 Å². The van der Waals surface area contributed by atoms with Gasteiger partial charge in [-0.3, -0.25) is 0 Å². The highest BCUT2D eigenvalue weighted by atomic mass is 35.5. The van der Waals surface area contributed by atoms with Gasteiger partial charge in [0.05, 0.1) is 22.0 Å². The summed E-state index contributed by atoms with van der Waals surface area (Å²) in [5.74, 6) is 0.208. The normalized spacial score (nSPS) is 12.2. The Morgan fingerprint density at radius 1 is 1.00 bits per heavy atom. The van der Waals surface area contributed by atoms with Crippen LogP contribution in [0, 0.1) is 0 Å². The maximum atomic E-state index is 9.45. The fraction of sp³-hybridized carbons (Fsp3) is 0.200. The van der Waals surface area contributed by atoms with Gasteiger partial charge in [-0.1, -0.05) is 41.4 Å². The molecule has 2 rings (SSSR count). The Bertz CT molecular complexity index is 589. The molecule has 106 valence electrons. The van der Waals surface area contributed by atoms with Crippen LogP contribution < -0.4 is 5.32 Å². The summed E-state index contributed by atoms with van der Waals surface area (Å²) in [7, 11) is 0. The molecular formula is C15H14Cl3NO. The molecule has 0 aliphatic heterocycles. The minimum atomic E-state index is -0.565. The van der Waals surface area contributed by atoms with Crippen LogP contribution in [0.25, 0.3) is 11.1 Å². The first-order valence-corrected chi connectivity index (χ1v) is 7.42. The van der Waals surface area contributed by atoms with Crippen molar-refractivity contribution in [2.24, 2.45) is 0 Å². The Labute approximate surface area is 133 Å². The van der Waals surface area contributed by atoms with Gasteiger partial charge >= 0.3 is 0 Å². The minimum absolute atomic E-state index is 0.208. The van der Waals surface area contributed by atoms with Crippen LogP contribution in [0.15, 0.2) is 42.5 Å². The maximum absolute atomic E-state index is 9.45. The first kappa shape index (κ1) is 15.5. The van der Waals surface area contributed by atoms with Crippen molar-refractivity contribution in [3.63, 3.8) is 0 Å². The summed E-state index contributed by atoms with van der Waals surface area (Å²) in [4.78, 5) is 0. The van der Waals surface area contributed by atoms with E-state index in [2.05, 4.69) is 5.32 Å². The van der Waals surface area contributed by atoms with E-state index in [0.29, 0.717) is 16.6 Å². The molecule has 2 aromatic carbocycles. The molecular weight excluding hydrogens is 317 g/mol. The van der Waals surface area contributed by atoms with Gasteiger partial charge < -0.3 is 10.4 Å². The van der Waals surface area contributed by atoms with Crippen LogP contribution in [-0.2, 0) is 0 Å². The second-order valence-electron chi connectivity index (χ2n) is 4.40. The van der Waals surface area contributed by atoms with Crippen molar-refractivity contribution in [2.75, 3.05) is 17.7 Å². The predicted molar refractivity (Wildman–Crippen MR) is 87.1 cm³/mol. The van der Waals surface area contributed by atoms with E-state index < -0.39 is 6.10 Å². The zero-order valence-corrected chi connectivity index (χ0v) is 12.9. The molecule has 20 heavy (non-hydrogen) atoms. The zero-order valence-electron chi connectivity index (χ0n) is 10.6. The van der Waals surface area contributed by atoms with E-state index in [0.717, 1.165) is 16.8 Å². The summed E-state index contributed by atoms with van der Waals surface area (Å²) in [5, 5.41) is 13.6. The van der Waals surface area contributed by atoms with Crippen LogP contribution in [0.3, 0.4) is 0 Å². The lowest BCUT2D eigenvalue weighted by Gasteiger charge is -2.11.